The summed E-state index contributed by atoms with van der Waals surface area (Å²) in [5, 5.41) is -0.341. The van der Waals surface area contributed by atoms with Crippen LogP contribution < -0.4 is 4.72 Å². The maximum atomic E-state index is 12.6. The van der Waals surface area contributed by atoms with E-state index in [-0.39, 0.29) is 11.2 Å². The Morgan fingerprint density at radius 2 is 1.65 bits per heavy atom. The van der Waals surface area contributed by atoms with Gasteiger partial charge in [-0.3, -0.25) is 9.52 Å². The SMILES string of the molecule is O=C(c1ccccc1NS(=O)(=O)C1CCCCC1)N1CCCC1. The molecule has 0 aromatic heterocycles. The van der Waals surface area contributed by atoms with Crippen LogP contribution in [0.3, 0.4) is 0 Å². The molecule has 126 valence electrons. The minimum atomic E-state index is -3.44. The molecule has 1 aromatic carbocycles. The lowest BCUT2D eigenvalue weighted by Gasteiger charge is -2.24. The van der Waals surface area contributed by atoms with E-state index in [9.17, 15) is 13.2 Å². The van der Waals surface area contributed by atoms with Gasteiger partial charge in [-0.1, -0.05) is 31.4 Å². The van der Waals surface area contributed by atoms with E-state index in [4.69, 9.17) is 0 Å². The van der Waals surface area contributed by atoms with Crippen LogP contribution in [-0.2, 0) is 10.0 Å². The zero-order valence-electron chi connectivity index (χ0n) is 13.3. The van der Waals surface area contributed by atoms with Gasteiger partial charge in [0, 0.05) is 13.1 Å². The van der Waals surface area contributed by atoms with Crippen molar-refractivity contribution in [3.8, 4) is 0 Å². The van der Waals surface area contributed by atoms with Crippen molar-refractivity contribution in [3.05, 3.63) is 29.8 Å². The number of carbonyl (C=O) groups excluding carboxylic acids is 1. The molecule has 1 heterocycles. The van der Waals surface area contributed by atoms with Crippen LogP contribution in [0.5, 0.6) is 0 Å². The largest absolute Gasteiger partial charge is 0.339 e. The molecular formula is C17H24N2O3S. The van der Waals surface area contributed by atoms with Gasteiger partial charge in [-0.05, 0) is 37.8 Å². The number of nitrogens with one attached hydrogen (secondary N) is 1. The Hall–Kier alpha value is -1.56. The maximum absolute atomic E-state index is 12.6. The van der Waals surface area contributed by atoms with Crippen molar-refractivity contribution in [2.75, 3.05) is 17.8 Å². The van der Waals surface area contributed by atoms with Crippen LogP contribution in [0.15, 0.2) is 24.3 Å². The third kappa shape index (κ3) is 3.68. The fourth-order valence-electron chi connectivity index (χ4n) is 3.46. The van der Waals surface area contributed by atoms with Gasteiger partial charge in [0.25, 0.3) is 5.91 Å². The zero-order valence-corrected chi connectivity index (χ0v) is 14.1. The monoisotopic (exact) mass is 336 g/mol. The summed E-state index contributed by atoms with van der Waals surface area (Å²) in [7, 11) is -3.44. The molecule has 3 rings (SSSR count). The van der Waals surface area contributed by atoms with E-state index in [1.165, 1.54) is 0 Å². The summed E-state index contributed by atoms with van der Waals surface area (Å²) in [4.78, 5) is 14.4. The smallest absolute Gasteiger partial charge is 0.255 e. The molecule has 1 saturated heterocycles. The van der Waals surface area contributed by atoms with Crippen molar-refractivity contribution < 1.29 is 13.2 Å². The Bertz CT molecular complexity index is 660. The van der Waals surface area contributed by atoms with Gasteiger partial charge in [0.05, 0.1) is 16.5 Å². The van der Waals surface area contributed by atoms with Crippen molar-refractivity contribution in [1.82, 2.24) is 4.90 Å². The topological polar surface area (TPSA) is 66.5 Å². The number of likely N-dealkylation sites (tertiary alicyclic amines) is 1. The van der Waals surface area contributed by atoms with Crippen molar-refractivity contribution in [3.63, 3.8) is 0 Å². The van der Waals surface area contributed by atoms with Gasteiger partial charge in [0.1, 0.15) is 0 Å². The normalized spacial score (nSPS) is 19.7. The highest BCUT2D eigenvalue weighted by Gasteiger charge is 2.29. The molecule has 1 aliphatic heterocycles. The third-order valence-corrected chi connectivity index (χ3v) is 6.65. The minimum absolute atomic E-state index is 0.0792. The predicted octanol–water partition coefficient (Wildman–Crippen LogP) is 3.00. The van der Waals surface area contributed by atoms with E-state index in [1.807, 2.05) is 0 Å². The van der Waals surface area contributed by atoms with Gasteiger partial charge < -0.3 is 4.90 Å². The first-order chi connectivity index (χ1) is 11.1. The van der Waals surface area contributed by atoms with E-state index < -0.39 is 10.0 Å². The molecule has 23 heavy (non-hydrogen) atoms. The van der Waals surface area contributed by atoms with Crippen molar-refractivity contribution in [1.29, 1.82) is 0 Å². The second-order valence-electron chi connectivity index (χ2n) is 6.45. The fourth-order valence-corrected chi connectivity index (χ4v) is 5.07. The second-order valence-corrected chi connectivity index (χ2v) is 8.41. The van der Waals surface area contributed by atoms with E-state index >= 15 is 0 Å². The van der Waals surface area contributed by atoms with Crippen LogP contribution in [0.25, 0.3) is 0 Å². The van der Waals surface area contributed by atoms with E-state index in [2.05, 4.69) is 4.72 Å². The Morgan fingerprint density at radius 3 is 2.35 bits per heavy atom. The first-order valence-electron chi connectivity index (χ1n) is 8.48. The highest BCUT2D eigenvalue weighted by atomic mass is 32.2. The lowest BCUT2D eigenvalue weighted by molar-refractivity contribution is 0.0794. The standard InChI is InChI=1S/C17H24N2O3S/c20-17(19-12-6-7-13-19)15-10-4-5-11-16(15)18-23(21,22)14-8-2-1-3-9-14/h4-5,10-11,14,18H,1-3,6-9,12-13H2. The number of nitrogens with zero attached hydrogens (tertiary/aromatic N) is 1. The molecule has 0 atom stereocenters. The molecule has 0 bridgehead atoms. The van der Waals surface area contributed by atoms with E-state index in [0.717, 1.165) is 45.2 Å². The minimum Gasteiger partial charge on any atom is -0.339 e. The predicted molar refractivity (Wildman–Crippen MR) is 91.0 cm³/mol. The number of amides is 1. The van der Waals surface area contributed by atoms with Crippen molar-refractivity contribution in [2.45, 2.75) is 50.2 Å². The van der Waals surface area contributed by atoms with Crippen molar-refractivity contribution in [2.24, 2.45) is 0 Å². The average molecular weight is 336 g/mol. The van der Waals surface area contributed by atoms with Gasteiger partial charge in [0.15, 0.2) is 0 Å². The number of sulfonamides is 1. The Labute approximate surface area is 138 Å². The summed E-state index contributed by atoms with van der Waals surface area (Å²) in [6.07, 6.45) is 6.47. The van der Waals surface area contributed by atoms with Crippen LogP contribution >= 0.6 is 0 Å². The molecule has 1 N–H and O–H groups in total. The number of anilines is 1. The van der Waals surface area contributed by atoms with Gasteiger partial charge in [-0.25, -0.2) is 8.42 Å². The van der Waals surface area contributed by atoms with Crippen LogP contribution in [0.1, 0.15) is 55.3 Å². The quantitative estimate of drug-likeness (QED) is 0.919. The molecule has 1 aliphatic carbocycles. The first kappa shape index (κ1) is 16.3. The molecule has 2 aliphatic rings. The number of benzene rings is 1. The van der Waals surface area contributed by atoms with Crippen LogP contribution in [0, 0.1) is 0 Å². The molecule has 6 heteroatoms. The Balaban J connectivity index is 1.81. The maximum Gasteiger partial charge on any atom is 0.255 e. The zero-order chi connectivity index (χ0) is 16.3. The Kier molecular flexibility index (Phi) is 4.90. The summed E-state index contributed by atoms with van der Waals surface area (Å²) in [5.74, 6) is -0.0792. The molecule has 0 unspecified atom stereocenters. The summed E-state index contributed by atoms with van der Waals surface area (Å²) >= 11 is 0. The third-order valence-electron chi connectivity index (χ3n) is 4.79. The molecule has 0 spiro atoms. The molecule has 0 radical (unpaired) electrons. The highest BCUT2D eigenvalue weighted by Crippen LogP contribution is 2.27. The van der Waals surface area contributed by atoms with Crippen LogP contribution in [0.4, 0.5) is 5.69 Å². The number of carbonyl (C=O) groups is 1. The van der Waals surface area contributed by atoms with Gasteiger partial charge in [-0.2, -0.15) is 0 Å². The molecule has 2 fully saturated rings. The lowest BCUT2D eigenvalue weighted by atomic mass is 10.0. The highest BCUT2D eigenvalue weighted by molar-refractivity contribution is 7.93. The number of para-hydroxylation sites is 1. The Morgan fingerprint density at radius 1 is 1.00 bits per heavy atom. The van der Waals surface area contributed by atoms with E-state index in [0.29, 0.717) is 24.1 Å². The first-order valence-corrected chi connectivity index (χ1v) is 10.0. The summed E-state index contributed by atoms with van der Waals surface area (Å²) in [5.41, 5.74) is 0.865. The molecule has 1 amide bonds. The van der Waals surface area contributed by atoms with Crippen LogP contribution in [-0.4, -0.2) is 37.6 Å². The summed E-state index contributed by atoms with van der Waals surface area (Å²) in [6, 6.07) is 6.93. The van der Waals surface area contributed by atoms with Gasteiger partial charge in [-0.15, -0.1) is 0 Å². The average Bonchev–Trinajstić information content (AvgIpc) is 3.10. The molecule has 5 nitrogen and oxygen atoms in total. The lowest BCUT2D eigenvalue weighted by Crippen LogP contribution is -2.32. The number of hydrogen-bond donors (Lipinski definition) is 1. The van der Waals surface area contributed by atoms with Gasteiger partial charge >= 0.3 is 0 Å². The number of hydrogen-bond acceptors (Lipinski definition) is 3. The fraction of sp³-hybridized carbons (Fsp3) is 0.588. The second kappa shape index (κ2) is 6.91. The molecular weight excluding hydrogens is 312 g/mol. The number of rotatable bonds is 4. The summed E-state index contributed by atoms with van der Waals surface area (Å²) in [6.45, 7) is 1.51. The molecule has 1 aromatic rings. The summed E-state index contributed by atoms with van der Waals surface area (Å²) < 4.78 is 27.9. The van der Waals surface area contributed by atoms with Crippen molar-refractivity contribution >= 4 is 21.6 Å². The van der Waals surface area contributed by atoms with E-state index in [1.54, 1.807) is 29.2 Å². The molecule has 1 saturated carbocycles. The van der Waals surface area contributed by atoms with Gasteiger partial charge in [0.2, 0.25) is 10.0 Å². The van der Waals surface area contributed by atoms with Crippen LogP contribution in [0.2, 0.25) is 0 Å².